The fraction of sp³-hybridized carbons (Fsp3) is 0.308. The molecule has 0 amide bonds. The lowest BCUT2D eigenvalue weighted by Gasteiger charge is -2.15. The number of benzene rings is 1. The van der Waals surface area contributed by atoms with Gasteiger partial charge in [-0.3, -0.25) is 0 Å². The summed E-state index contributed by atoms with van der Waals surface area (Å²) in [7, 11) is 0. The zero-order valence-electron chi connectivity index (χ0n) is 11.1. The van der Waals surface area contributed by atoms with Crippen LogP contribution in [0.2, 0.25) is 10.3 Å². The van der Waals surface area contributed by atoms with Crippen LogP contribution in [0.3, 0.4) is 0 Å². The van der Waals surface area contributed by atoms with Crippen LogP contribution in [-0.2, 0) is 0 Å². The summed E-state index contributed by atoms with van der Waals surface area (Å²) < 4.78 is 5.23. The maximum atomic E-state index is 6.15. The molecule has 0 radical (unpaired) electrons. The summed E-state index contributed by atoms with van der Waals surface area (Å²) in [6.07, 6.45) is 0. The van der Waals surface area contributed by atoms with Gasteiger partial charge in [-0.25, -0.2) is 0 Å². The Balaban J connectivity index is 2.19. The van der Waals surface area contributed by atoms with Crippen molar-refractivity contribution in [3.05, 3.63) is 40.1 Å². The second kappa shape index (κ2) is 6.72. The van der Waals surface area contributed by atoms with E-state index in [-0.39, 0.29) is 17.3 Å². The first kappa shape index (κ1) is 14.8. The second-order valence-corrected chi connectivity index (χ2v) is 4.78. The average Bonchev–Trinajstić information content (AvgIpc) is 2.38. The minimum Gasteiger partial charge on any atom is -0.464 e. The van der Waals surface area contributed by atoms with Gasteiger partial charge in [0.15, 0.2) is 0 Å². The zero-order chi connectivity index (χ0) is 14.5. The van der Waals surface area contributed by atoms with Crippen LogP contribution >= 0.6 is 23.2 Å². The quantitative estimate of drug-likeness (QED) is 0.911. The van der Waals surface area contributed by atoms with E-state index in [9.17, 15) is 0 Å². The lowest BCUT2D eigenvalue weighted by atomic mass is 10.1. The van der Waals surface area contributed by atoms with E-state index < -0.39 is 0 Å². The van der Waals surface area contributed by atoms with Crippen LogP contribution in [0.15, 0.2) is 24.3 Å². The van der Waals surface area contributed by atoms with Crippen LogP contribution < -0.4 is 10.1 Å². The third-order valence-corrected chi connectivity index (χ3v) is 3.09. The van der Waals surface area contributed by atoms with Gasteiger partial charge in [-0.2, -0.15) is 15.0 Å². The molecule has 0 bridgehead atoms. The van der Waals surface area contributed by atoms with E-state index in [1.165, 1.54) is 0 Å². The van der Waals surface area contributed by atoms with Crippen molar-refractivity contribution in [3.8, 4) is 6.01 Å². The highest BCUT2D eigenvalue weighted by Crippen LogP contribution is 2.25. The van der Waals surface area contributed by atoms with E-state index in [4.69, 9.17) is 27.9 Å². The summed E-state index contributed by atoms with van der Waals surface area (Å²) in [5.74, 6) is 0.348. The first-order valence-corrected chi connectivity index (χ1v) is 6.91. The van der Waals surface area contributed by atoms with Crippen molar-refractivity contribution in [3.63, 3.8) is 0 Å². The molecule has 2 aromatic rings. The molecule has 0 spiro atoms. The molecule has 1 atom stereocenters. The molecule has 5 nitrogen and oxygen atoms in total. The molecule has 1 unspecified atom stereocenters. The molecule has 7 heteroatoms. The Morgan fingerprint density at radius 3 is 2.65 bits per heavy atom. The first-order chi connectivity index (χ1) is 9.60. The predicted octanol–water partition coefficient (Wildman–Crippen LogP) is 3.75. The predicted molar refractivity (Wildman–Crippen MR) is 79.5 cm³/mol. The third kappa shape index (κ3) is 3.71. The molecule has 0 saturated carbocycles. The molecule has 1 aromatic heterocycles. The summed E-state index contributed by atoms with van der Waals surface area (Å²) >= 11 is 12.0. The average molecular weight is 313 g/mol. The molecule has 0 aliphatic carbocycles. The first-order valence-electron chi connectivity index (χ1n) is 6.15. The van der Waals surface area contributed by atoms with Crippen molar-refractivity contribution < 1.29 is 4.74 Å². The number of ether oxygens (including phenoxy) is 1. The standard InChI is InChI=1S/C13H14Cl2N4O/c1-3-20-13-18-11(15)17-12(19-13)16-8(2)9-6-4-5-7-10(9)14/h4-8H,3H2,1-2H3,(H,16,17,18,19). The number of hydrogen-bond acceptors (Lipinski definition) is 5. The van der Waals surface area contributed by atoms with Gasteiger partial charge in [0.05, 0.1) is 12.6 Å². The largest absolute Gasteiger partial charge is 0.464 e. The Bertz CT molecular complexity index is 594. The zero-order valence-corrected chi connectivity index (χ0v) is 12.6. The number of aromatic nitrogens is 3. The topological polar surface area (TPSA) is 59.9 Å². The molecular weight excluding hydrogens is 299 g/mol. The highest BCUT2D eigenvalue weighted by atomic mass is 35.5. The Kier molecular flexibility index (Phi) is 4.98. The van der Waals surface area contributed by atoms with E-state index in [0.717, 1.165) is 5.56 Å². The van der Waals surface area contributed by atoms with Gasteiger partial charge in [0.2, 0.25) is 11.2 Å². The van der Waals surface area contributed by atoms with Crippen LogP contribution in [0.1, 0.15) is 25.5 Å². The van der Waals surface area contributed by atoms with Crippen LogP contribution in [0.25, 0.3) is 0 Å². The summed E-state index contributed by atoms with van der Waals surface area (Å²) in [4.78, 5) is 12.0. The van der Waals surface area contributed by atoms with Gasteiger partial charge < -0.3 is 10.1 Å². The van der Waals surface area contributed by atoms with Gasteiger partial charge in [-0.1, -0.05) is 29.8 Å². The molecule has 0 saturated heterocycles. The molecule has 1 aromatic carbocycles. The SMILES string of the molecule is CCOc1nc(Cl)nc(NC(C)c2ccccc2Cl)n1. The normalized spacial score (nSPS) is 12.0. The lowest BCUT2D eigenvalue weighted by molar-refractivity contribution is 0.312. The van der Waals surface area contributed by atoms with Crippen molar-refractivity contribution in [1.82, 2.24) is 15.0 Å². The molecule has 1 N–H and O–H groups in total. The summed E-state index contributed by atoms with van der Waals surface area (Å²) in [6, 6.07) is 7.70. The van der Waals surface area contributed by atoms with E-state index in [0.29, 0.717) is 17.6 Å². The van der Waals surface area contributed by atoms with Gasteiger partial charge in [-0.05, 0) is 37.1 Å². The van der Waals surface area contributed by atoms with Crippen LogP contribution in [0.4, 0.5) is 5.95 Å². The lowest BCUT2D eigenvalue weighted by Crippen LogP contribution is -2.11. The maximum Gasteiger partial charge on any atom is 0.322 e. The Morgan fingerprint density at radius 2 is 1.95 bits per heavy atom. The fourth-order valence-corrected chi connectivity index (χ4v) is 2.14. The van der Waals surface area contributed by atoms with Gasteiger partial charge in [0.25, 0.3) is 0 Å². The number of halogens is 2. The van der Waals surface area contributed by atoms with Crippen LogP contribution in [0.5, 0.6) is 6.01 Å². The Labute approximate surface area is 127 Å². The van der Waals surface area contributed by atoms with Gasteiger partial charge >= 0.3 is 6.01 Å². The van der Waals surface area contributed by atoms with E-state index in [1.807, 2.05) is 38.1 Å². The number of rotatable bonds is 5. The molecule has 20 heavy (non-hydrogen) atoms. The van der Waals surface area contributed by atoms with E-state index in [2.05, 4.69) is 20.3 Å². The molecule has 1 heterocycles. The molecule has 0 fully saturated rings. The maximum absolute atomic E-state index is 6.15. The minimum absolute atomic E-state index is 0.0726. The van der Waals surface area contributed by atoms with Gasteiger partial charge in [0.1, 0.15) is 0 Å². The van der Waals surface area contributed by atoms with Crippen molar-refractivity contribution in [1.29, 1.82) is 0 Å². The molecule has 2 rings (SSSR count). The van der Waals surface area contributed by atoms with Gasteiger partial charge in [-0.15, -0.1) is 0 Å². The van der Waals surface area contributed by atoms with E-state index in [1.54, 1.807) is 0 Å². The van der Waals surface area contributed by atoms with Gasteiger partial charge in [0, 0.05) is 5.02 Å². The van der Waals surface area contributed by atoms with Crippen molar-refractivity contribution in [2.75, 3.05) is 11.9 Å². The van der Waals surface area contributed by atoms with Crippen molar-refractivity contribution in [2.24, 2.45) is 0 Å². The molecule has 106 valence electrons. The third-order valence-electron chi connectivity index (χ3n) is 2.58. The fourth-order valence-electron chi connectivity index (χ4n) is 1.69. The second-order valence-electron chi connectivity index (χ2n) is 4.03. The Morgan fingerprint density at radius 1 is 1.20 bits per heavy atom. The molecule has 0 aliphatic heterocycles. The number of nitrogens with zero attached hydrogens (tertiary/aromatic N) is 3. The summed E-state index contributed by atoms with van der Waals surface area (Å²) in [5, 5.41) is 3.89. The highest BCUT2D eigenvalue weighted by Gasteiger charge is 2.12. The summed E-state index contributed by atoms with van der Waals surface area (Å²) in [5.41, 5.74) is 0.948. The summed E-state index contributed by atoms with van der Waals surface area (Å²) in [6.45, 7) is 4.26. The number of nitrogens with one attached hydrogen (secondary N) is 1. The monoisotopic (exact) mass is 312 g/mol. The highest BCUT2D eigenvalue weighted by molar-refractivity contribution is 6.31. The van der Waals surface area contributed by atoms with Crippen molar-refractivity contribution >= 4 is 29.2 Å². The van der Waals surface area contributed by atoms with Crippen LogP contribution in [0, 0.1) is 0 Å². The van der Waals surface area contributed by atoms with E-state index >= 15 is 0 Å². The molecular formula is C13H14Cl2N4O. The van der Waals surface area contributed by atoms with Crippen LogP contribution in [-0.4, -0.2) is 21.6 Å². The molecule has 0 aliphatic rings. The Hall–Kier alpha value is -1.59. The number of hydrogen-bond donors (Lipinski definition) is 1. The number of anilines is 1. The minimum atomic E-state index is -0.0726. The van der Waals surface area contributed by atoms with Crippen molar-refractivity contribution in [2.45, 2.75) is 19.9 Å². The smallest absolute Gasteiger partial charge is 0.322 e.